The van der Waals surface area contributed by atoms with Crippen LogP contribution in [0.3, 0.4) is 0 Å². The van der Waals surface area contributed by atoms with Gasteiger partial charge in [0.1, 0.15) is 6.04 Å². The first kappa shape index (κ1) is 13.7. The molecule has 4 heteroatoms. The number of hydrogen-bond acceptors (Lipinski definition) is 4. The summed E-state index contributed by atoms with van der Waals surface area (Å²) in [6.07, 6.45) is 2.32. The SMILES string of the molecule is CCOc1ccc(C(C#N)NC2CC2)cc1OCC. The minimum Gasteiger partial charge on any atom is -0.490 e. The molecular weight excluding hydrogens is 240 g/mol. The van der Waals surface area contributed by atoms with Gasteiger partial charge in [-0.25, -0.2) is 0 Å². The standard InChI is InChI=1S/C15H20N2O2/c1-3-18-14-8-5-11(9-15(14)19-4-2)13(10-16)17-12-6-7-12/h5,8-9,12-13,17H,3-4,6-7H2,1-2H3. The Labute approximate surface area is 114 Å². The molecule has 1 saturated carbocycles. The Bertz CT molecular complexity index is 464. The van der Waals surface area contributed by atoms with E-state index in [0.717, 1.165) is 24.2 Å². The summed E-state index contributed by atoms with van der Waals surface area (Å²) in [6.45, 7) is 5.06. The molecule has 4 nitrogen and oxygen atoms in total. The van der Waals surface area contributed by atoms with Crippen LogP contribution >= 0.6 is 0 Å². The van der Waals surface area contributed by atoms with Crippen LogP contribution in [0.15, 0.2) is 18.2 Å². The van der Waals surface area contributed by atoms with Gasteiger partial charge in [-0.3, -0.25) is 5.32 Å². The second-order valence-electron chi connectivity index (χ2n) is 4.58. The molecule has 1 aromatic carbocycles. The molecular formula is C15H20N2O2. The summed E-state index contributed by atoms with van der Waals surface area (Å²) in [5, 5.41) is 12.6. The van der Waals surface area contributed by atoms with Crippen molar-refractivity contribution in [3.05, 3.63) is 23.8 Å². The molecule has 0 heterocycles. The fourth-order valence-electron chi connectivity index (χ4n) is 1.94. The largest absolute Gasteiger partial charge is 0.490 e. The van der Waals surface area contributed by atoms with Crippen LogP contribution in [0.25, 0.3) is 0 Å². The Kier molecular flexibility index (Phi) is 4.64. The average molecular weight is 260 g/mol. The smallest absolute Gasteiger partial charge is 0.161 e. The number of rotatable bonds is 7. The van der Waals surface area contributed by atoms with Gasteiger partial charge in [-0.1, -0.05) is 6.07 Å². The predicted octanol–water partition coefficient (Wildman–Crippen LogP) is 2.80. The van der Waals surface area contributed by atoms with Crippen molar-refractivity contribution < 1.29 is 9.47 Å². The molecule has 1 atom stereocenters. The molecule has 1 aliphatic carbocycles. The Balaban J connectivity index is 2.19. The molecule has 0 bridgehead atoms. The first-order valence-corrected chi connectivity index (χ1v) is 6.83. The highest BCUT2D eigenvalue weighted by Crippen LogP contribution is 2.32. The monoisotopic (exact) mass is 260 g/mol. The van der Waals surface area contributed by atoms with Crippen molar-refractivity contribution in [3.63, 3.8) is 0 Å². The second-order valence-corrected chi connectivity index (χ2v) is 4.58. The normalized spacial score (nSPS) is 15.6. The maximum atomic E-state index is 9.27. The van der Waals surface area contributed by atoms with Crippen LogP contribution in [-0.4, -0.2) is 19.3 Å². The van der Waals surface area contributed by atoms with Gasteiger partial charge in [-0.2, -0.15) is 5.26 Å². The number of ether oxygens (including phenoxy) is 2. The van der Waals surface area contributed by atoms with Gasteiger partial charge < -0.3 is 9.47 Å². The Morgan fingerprint density at radius 3 is 2.53 bits per heavy atom. The zero-order valence-corrected chi connectivity index (χ0v) is 11.5. The lowest BCUT2D eigenvalue weighted by Gasteiger charge is -2.15. The van der Waals surface area contributed by atoms with Crippen molar-refractivity contribution in [2.75, 3.05) is 13.2 Å². The Morgan fingerprint density at radius 2 is 1.95 bits per heavy atom. The van der Waals surface area contributed by atoms with E-state index >= 15 is 0 Å². The molecule has 102 valence electrons. The van der Waals surface area contributed by atoms with Crippen LogP contribution in [0.1, 0.15) is 38.3 Å². The van der Waals surface area contributed by atoms with E-state index in [1.54, 1.807) is 0 Å². The van der Waals surface area contributed by atoms with E-state index in [-0.39, 0.29) is 6.04 Å². The number of nitriles is 1. The summed E-state index contributed by atoms with van der Waals surface area (Å²) in [5.41, 5.74) is 0.932. The Hall–Kier alpha value is -1.73. The minimum absolute atomic E-state index is 0.276. The first-order valence-electron chi connectivity index (χ1n) is 6.83. The maximum absolute atomic E-state index is 9.27. The van der Waals surface area contributed by atoms with E-state index in [1.165, 1.54) is 0 Å². The van der Waals surface area contributed by atoms with Crippen LogP contribution < -0.4 is 14.8 Å². The van der Waals surface area contributed by atoms with E-state index < -0.39 is 0 Å². The van der Waals surface area contributed by atoms with Crippen LogP contribution in [0.2, 0.25) is 0 Å². The van der Waals surface area contributed by atoms with E-state index in [0.29, 0.717) is 25.0 Å². The lowest BCUT2D eigenvalue weighted by Crippen LogP contribution is -2.22. The third-order valence-corrected chi connectivity index (χ3v) is 3.01. The lowest BCUT2D eigenvalue weighted by atomic mass is 10.1. The summed E-state index contributed by atoms with van der Waals surface area (Å²) >= 11 is 0. The minimum atomic E-state index is -0.276. The van der Waals surface area contributed by atoms with Gasteiger partial charge in [0.2, 0.25) is 0 Å². The molecule has 0 radical (unpaired) electrons. The van der Waals surface area contributed by atoms with E-state index in [1.807, 2.05) is 32.0 Å². The van der Waals surface area contributed by atoms with Crippen LogP contribution in [0.4, 0.5) is 0 Å². The van der Waals surface area contributed by atoms with Gasteiger partial charge in [-0.15, -0.1) is 0 Å². The highest BCUT2D eigenvalue weighted by Gasteiger charge is 2.25. The molecule has 19 heavy (non-hydrogen) atoms. The van der Waals surface area contributed by atoms with Crippen molar-refractivity contribution in [2.24, 2.45) is 0 Å². The third-order valence-electron chi connectivity index (χ3n) is 3.01. The van der Waals surface area contributed by atoms with Crippen molar-refractivity contribution in [1.82, 2.24) is 5.32 Å². The second kappa shape index (κ2) is 6.44. The lowest BCUT2D eigenvalue weighted by molar-refractivity contribution is 0.287. The molecule has 2 rings (SSSR count). The fraction of sp³-hybridized carbons (Fsp3) is 0.533. The first-order chi connectivity index (χ1) is 9.28. The van der Waals surface area contributed by atoms with Crippen molar-refractivity contribution in [2.45, 2.75) is 38.8 Å². The quantitative estimate of drug-likeness (QED) is 0.819. The number of nitrogens with one attached hydrogen (secondary N) is 1. The average Bonchev–Trinajstić information content (AvgIpc) is 3.23. The topological polar surface area (TPSA) is 54.3 Å². The maximum Gasteiger partial charge on any atom is 0.161 e. The Morgan fingerprint density at radius 1 is 1.26 bits per heavy atom. The summed E-state index contributed by atoms with van der Waals surface area (Å²) in [7, 11) is 0. The molecule has 0 aliphatic heterocycles. The molecule has 1 aliphatic rings. The predicted molar refractivity (Wildman–Crippen MR) is 73.3 cm³/mol. The van der Waals surface area contributed by atoms with Gasteiger partial charge in [-0.05, 0) is 44.4 Å². The van der Waals surface area contributed by atoms with E-state index in [2.05, 4.69) is 11.4 Å². The highest BCUT2D eigenvalue weighted by molar-refractivity contribution is 5.45. The molecule has 0 spiro atoms. The molecule has 0 aromatic heterocycles. The van der Waals surface area contributed by atoms with Gasteiger partial charge in [0.25, 0.3) is 0 Å². The number of nitrogens with zero attached hydrogens (tertiary/aromatic N) is 1. The van der Waals surface area contributed by atoms with Crippen LogP contribution in [0.5, 0.6) is 11.5 Å². The third kappa shape index (κ3) is 3.62. The number of benzene rings is 1. The molecule has 0 saturated heterocycles. The van der Waals surface area contributed by atoms with E-state index in [9.17, 15) is 5.26 Å². The molecule has 1 N–H and O–H groups in total. The fourth-order valence-corrected chi connectivity index (χ4v) is 1.94. The van der Waals surface area contributed by atoms with Gasteiger partial charge in [0.15, 0.2) is 11.5 Å². The molecule has 1 aromatic rings. The molecule has 1 unspecified atom stereocenters. The van der Waals surface area contributed by atoms with Crippen molar-refractivity contribution in [3.8, 4) is 17.6 Å². The molecule has 1 fully saturated rings. The zero-order chi connectivity index (χ0) is 13.7. The summed E-state index contributed by atoms with van der Waals surface area (Å²) < 4.78 is 11.1. The van der Waals surface area contributed by atoms with Gasteiger partial charge in [0, 0.05) is 6.04 Å². The van der Waals surface area contributed by atoms with E-state index in [4.69, 9.17) is 9.47 Å². The molecule has 0 amide bonds. The summed E-state index contributed by atoms with van der Waals surface area (Å²) in [4.78, 5) is 0. The van der Waals surface area contributed by atoms with Gasteiger partial charge >= 0.3 is 0 Å². The summed E-state index contributed by atoms with van der Waals surface area (Å²) in [6, 6.07) is 8.23. The van der Waals surface area contributed by atoms with Crippen molar-refractivity contribution >= 4 is 0 Å². The summed E-state index contributed by atoms with van der Waals surface area (Å²) in [5.74, 6) is 1.44. The number of hydrogen-bond donors (Lipinski definition) is 1. The van der Waals surface area contributed by atoms with Crippen LogP contribution in [0, 0.1) is 11.3 Å². The van der Waals surface area contributed by atoms with Gasteiger partial charge in [0.05, 0.1) is 19.3 Å². The zero-order valence-electron chi connectivity index (χ0n) is 11.5. The van der Waals surface area contributed by atoms with Crippen molar-refractivity contribution in [1.29, 1.82) is 5.26 Å². The highest BCUT2D eigenvalue weighted by atomic mass is 16.5. The van der Waals surface area contributed by atoms with Crippen LogP contribution in [-0.2, 0) is 0 Å².